The molecular formula is C3Br2Cl3F5. The quantitative estimate of drug-likeness (QED) is 0.419. The van der Waals surface area contributed by atoms with E-state index in [9.17, 15) is 22.0 Å². The van der Waals surface area contributed by atoms with Gasteiger partial charge in [0, 0.05) is 31.9 Å². The second kappa shape index (κ2) is 5.53. The first-order valence-corrected chi connectivity index (χ1v) is 4.86. The molecule has 0 unspecified atom stereocenters. The zero-order valence-corrected chi connectivity index (χ0v) is 10.7. The molecule has 0 atom stereocenters. The van der Waals surface area contributed by atoms with Gasteiger partial charge >= 0.3 is 13.7 Å². The number of halogens is 10. The summed E-state index contributed by atoms with van der Waals surface area (Å²) in [6.45, 7) is 0. The second-order valence-electron chi connectivity index (χ2n) is 1.42. The van der Waals surface area contributed by atoms with Gasteiger partial charge in [-0.05, 0) is 11.6 Å². The second-order valence-corrected chi connectivity index (χ2v) is 6.19. The first-order chi connectivity index (χ1) is 5.25. The molecule has 0 heterocycles. The largest absolute Gasteiger partial charge is 0.383 e. The molecule has 0 aromatic heterocycles. The van der Waals surface area contributed by atoms with Crippen molar-refractivity contribution >= 4 is 66.7 Å². The highest BCUT2D eigenvalue weighted by molar-refractivity contribution is 9.25. The van der Waals surface area contributed by atoms with Crippen molar-refractivity contribution in [1.29, 1.82) is 0 Å². The molecule has 0 nitrogen and oxygen atoms in total. The average molecular weight is 397 g/mol. The van der Waals surface area contributed by atoms with E-state index in [1.54, 1.807) is 0 Å². The SMILES string of the molecule is FC(F)(Br)Br.FC(F)(Cl)C(F)(Cl)Cl. The van der Waals surface area contributed by atoms with Gasteiger partial charge in [0.15, 0.2) is 0 Å². The van der Waals surface area contributed by atoms with Crippen LogP contribution in [0.25, 0.3) is 0 Å². The van der Waals surface area contributed by atoms with E-state index in [1.807, 2.05) is 31.9 Å². The van der Waals surface area contributed by atoms with E-state index in [1.165, 1.54) is 0 Å². The van der Waals surface area contributed by atoms with Gasteiger partial charge in [0.25, 0.3) is 0 Å². The van der Waals surface area contributed by atoms with Crippen molar-refractivity contribution in [1.82, 2.24) is 0 Å². The van der Waals surface area contributed by atoms with Crippen molar-refractivity contribution in [2.75, 3.05) is 0 Å². The van der Waals surface area contributed by atoms with Gasteiger partial charge < -0.3 is 0 Å². The van der Waals surface area contributed by atoms with Crippen LogP contribution in [0, 0.1) is 0 Å². The Bertz CT molecular complexity index is 129. The monoisotopic (exact) mass is 394 g/mol. The smallest absolute Gasteiger partial charge is 0.199 e. The van der Waals surface area contributed by atoms with Gasteiger partial charge in [-0.25, -0.2) is 0 Å². The molecular weight excluding hydrogens is 397 g/mol. The van der Waals surface area contributed by atoms with Crippen molar-refractivity contribution in [3.63, 3.8) is 0 Å². The molecule has 0 aromatic carbocycles. The van der Waals surface area contributed by atoms with Gasteiger partial charge in [-0.1, -0.05) is 23.2 Å². The Morgan fingerprint density at radius 2 is 0.846 bits per heavy atom. The van der Waals surface area contributed by atoms with Crippen molar-refractivity contribution in [3.05, 3.63) is 0 Å². The van der Waals surface area contributed by atoms with Crippen LogP contribution in [-0.4, -0.2) is 13.7 Å². The van der Waals surface area contributed by atoms with Gasteiger partial charge in [-0.15, -0.1) is 0 Å². The van der Waals surface area contributed by atoms with Crippen LogP contribution in [-0.2, 0) is 0 Å². The predicted molar refractivity (Wildman–Crippen MR) is 49.1 cm³/mol. The van der Waals surface area contributed by atoms with Gasteiger partial charge in [0.1, 0.15) is 0 Å². The Morgan fingerprint density at radius 1 is 0.769 bits per heavy atom. The van der Waals surface area contributed by atoms with Crippen LogP contribution >= 0.6 is 66.7 Å². The Morgan fingerprint density at radius 3 is 0.846 bits per heavy atom. The molecule has 0 radical (unpaired) electrons. The molecule has 0 N–H and O–H groups in total. The van der Waals surface area contributed by atoms with Crippen molar-refractivity contribution in [2.45, 2.75) is 13.7 Å². The standard InChI is InChI=1S/C2Cl3F3.CBr2F2/c3-1(4,6)2(5,7)8;2-1(3,4)5. The molecule has 13 heavy (non-hydrogen) atoms. The summed E-state index contributed by atoms with van der Waals surface area (Å²) in [5.41, 5.74) is 0. The summed E-state index contributed by atoms with van der Waals surface area (Å²) in [6, 6.07) is 0. The summed E-state index contributed by atoms with van der Waals surface area (Å²) < 4.78 is 49.4. The molecule has 0 rings (SSSR count). The molecule has 0 fully saturated rings. The Balaban J connectivity index is 0. The van der Waals surface area contributed by atoms with Crippen LogP contribution in [0.5, 0.6) is 0 Å². The Labute approximate surface area is 102 Å². The van der Waals surface area contributed by atoms with Crippen LogP contribution in [0.1, 0.15) is 0 Å². The van der Waals surface area contributed by atoms with E-state index in [4.69, 9.17) is 0 Å². The van der Waals surface area contributed by atoms with E-state index in [0.29, 0.717) is 0 Å². The zero-order valence-electron chi connectivity index (χ0n) is 5.28. The summed E-state index contributed by atoms with van der Waals surface area (Å²) in [7, 11) is 0. The van der Waals surface area contributed by atoms with Crippen molar-refractivity contribution < 1.29 is 22.0 Å². The first-order valence-electron chi connectivity index (χ1n) is 2.14. The number of hydrogen-bond donors (Lipinski definition) is 0. The molecule has 0 aliphatic heterocycles. The molecule has 82 valence electrons. The molecule has 0 bridgehead atoms. The fraction of sp³-hybridized carbons (Fsp3) is 1.00. The van der Waals surface area contributed by atoms with Crippen LogP contribution in [0.15, 0.2) is 0 Å². The molecule has 0 saturated carbocycles. The minimum absolute atomic E-state index is 1.96. The third kappa shape index (κ3) is 16.2. The fourth-order valence-electron chi connectivity index (χ4n) is 0. The van der Waals surface area contributed by atoms with Gasteiger partial charge in [0.2, 0.25) is 0 Å². The van der Waals surface area contributed by atoms with Gasteiger partial charge in [-0.2, -0.15) is 22.0 Å². The number of rotatable bonds is 1. The zero-order chi connectivity index (χ0) is 11.5. The summed E-state index contributed by atoms with van der Waals surface area (Å²) in [4.78, 5) is 0. The maximum atomic E-state index is 11.5. The minimum Gasteiger partial charge on any atom is -0.199 e. The van der Waals surface area contributed by atoms with E-state index >= 15 is 0 Å². The van der Waals surface area contributed by atoms with Gasteiger partial charge in [-0.3, -0.25) is 0 Å². The lowest BCUT2D eigenvalue weighted by molar-refractivity contribution is 0.0241. The lowest BCUT2D eigenvalue weighted by Gasteiger charge is -2.13. The normalized spacial score (nSPS) is 13.4. The van der Waals surface area contributed by atoms with E-state index < -0.39 is 13.7 Å². The molecule has 0 spiro atoms. The maximum absolute atomic E-state index is 11.5. The molecule has 0 saturated heterocycles. The summed E-state index contributed by atoms with van der Waals surface area (Å²) in [5.74, 6) is 0. The summed E-state index contributed by atoms with van der Waals surface area (Å²) in [5, 5.41) is -4.23. The topological polar surface area (TPSA) is 0 Å². The highest BCUT2D eigenvalue weighted by Gasteiger charge is 2.51. The molecule has 0 aliphatic carbocycles. The third-order valence-electron chi connectivity index (χ3n) is 0.321. The number of hydrogen-bond acceptors (Lipinski definition) is 0. The summed E-state index contributed by atoms with van der Waals surface area (Å²) in [6.07, 6.45) is 0. The van der Waals surface area contributed by atoms with Crippen LogP contribution < -0.4 is 0 Å². The lowest BCUT2D eigenvalue weighted by atomic mass is 10.8. The fourth-order valence-corrected chi connectivity index (χ4v) is 0. The maximum Gasteiger partial charge on any atom is 0.383 e. The molecule has 10 heteroatoms. The molecule has 0 amide bonds. The van der Waals surface area contributed by atoms with E-state index in [-0.39, 0.29) is 0 Å². The highest BCUT2D eigenvalue weighted by Crippen LogP contribution is 2.42. The molecule has 0 aliphatic rings. The Kier molecular flexibility index (Phi) is 7.19. The van der Waals surface area contributed by atoms with Crippen LogP contribution in [0.2, 0.25) is 0 Å². The van der Waals surface area contributed by atoms with Crippen LogP contribution in [0.3, 0.4) is 0 Å². The minimum atomic E-state index is -4.23. The first kappa shape index (κ1) is 16.9. The van der Waals surface area contributed by atoms with Crippen molar-refractivity contribution in [3.8, 4) is 0 Å². The third-order valence-corrected chi connectivity index (χ3v) is 1.25. The van der Waals surface area contributed by atoms with E-state index in [2.05, 4.69) is 34.8 Å². The predicted octanol–water partition coefficient (Wildman–Crippen LogP) is 5.25. The number of alkyl halides is 10. The Hall–Kier alpha value is 1.48. The van der Waals surface area contributed by atoms with Gasteiger partial charge in [0.05, 0.1) is 0 Å². The lowest BCUT2D eigenvalue weighted by Crippen LogP contribution is -2.27. The summed E-state index contributed by atoms with van der Waals surface area (Å²) >= 11 is 16.4. The average Bonchev–Trinajstić information content (AvgIpc) is 1.50. The van der Waals surface area contributed by atoms with Crippen molar-refractivity contribution in [2.24, 2.45) is 0 Å². The molecule has 0 aromatic rings. The van der Waals surface area contributed by atoms with E-state index in [0.717, 1.165) is 0 Å². The highest BCUT2D eigenvalue weighted by atomic mass is 79.9. The van der Waals surface area contributed by atoms with Crippen LogP contribution in [0.4, 0.5) is 22.0 Å².